The minimum Gasteiger partial charge on any atom is -0.425 e. The number of nitrogens with two attached hydrogens (primary N) is 1. The topological polar surface area (TPSA) is 159 Å². The van der Waals surface area contributed by atoms with Gasteiger partial charge in [0.1, 0.15) is 42.3 Å². The van der Waals surface area contributed by atoms with Gasteiger partial charge in [0.25, 0.3) is 0 Å². The lowest BCUT2D eigenvalue weighted by Crippen LogP contribution is -2.55. The van der Waals surface area contributed by atoms with Crippen molar-refractivity contribution >= 4 is 24.0 Å². The number of hydrazone groups is 1. The van der Waals surface area contributed by atoms with Gasteiger partial charge in [-0.1, -0.05) is 18.2 Å². The number of hydrogen-bond acceptors (Lipinski definition) is 11. The fraction of sp³-hybridized carbons (Fsp3) is 0.333. The molecule has 14 nitrogen and oxygen atoms in total. The van der Waals surface area contributed by atoms with Gasteiger partial charge in [0.05, 0.1) is 24.8 Å². The number of carbonyl (C=O) groups excluding carboxylic acids is 2. The summed E-state index contributed by atoms with van der Waals surface area (Å²) in [6.07, 6.45) is 3.07. The van der Waals surface area contributed by atoms with Gasteiger partial charge in [-0.25, -0.2) is 18.3 Å². The molecule has 256 valence electrons. The van der Waals surface area contributed by atoms with E-state index in [2.05, 4.69) is 20.6 Å². The second-order valence-corrected chi connectivity index (χ2v) is 12.1. The number of carbonyl (C=O) groups is 2. The molecule has 16 heteroatoms. The number of ether oxygens (including phenoxy) is 1. The first-order chi connectivity index (χ1) is 23.5. The van der Waals surface area contributed by atoms with Gasteiger partial charge in [-0.15, -0.1) is 5.10 Å². The monoisotopic (exact) mass is 674 g/mol. The van der Waals surface area contributed by atoms with Gasteiger partial charge in [-0.3, -0.25) is 14.7 Å². The molecule has 2 aliphatic rings. The van der Waals surface area contributed by atoms with Gasteiger partial charge in [0.2, 0.25) is 0 Å². The van der Waals surface area contributed by atoms with Gasteiger partial charge in [0, 0.05) is 37.0 Å². The molecule has 2 amide bonds. The second-order valence-electron chi connectivity index (χ2n) is 12.1. The summed E-state index contributed by atoms with van der Waals surface area (Å²) in [6, 6.07) is 12.6. The molecule has 3 heterocycles. The molecule has 6 rings (SSSR count). The standard InChI is InChI=1S/C33H36F2N10O4/c1-21-12-24(13-22(2)31(21)49-30(46)15-36)16-41-19-38-42(20-41)17-33(48,28-9-4-25(34)14-29(28)35)23(3)43-10-11-44(32(43)47)26-5-7-27(8-6-26)45-18-37-39-40-45/h4-9,12-14,18-19,23,48H,10-11,15-17,20,36H2,1-3H3/t23-,33-/m1/s1. The molecule has 1 fully saturated rings. The lowest BCUT2D eigenvalue weighted by atomic mass is 9.85. The summed E-state index contributed by atoms with van der Waals surface area (Å²) in [4.78, 5) is 30.5. The smallest absolute Gasteiger partial charge is 0.325 e. The number of rotatable bonds is 11. The van der Waals surface area contributed by atoms with Gasteiger partial charge >= 0.3 is 12.0 Å². The zero-order valence-corrected chi connectivity index (χ0v) is 27.2. The van der Waals surface area contributed by atoms with Crippen molar-refractivity contribution in [3.63, 3.8) is 0 Å². The van der Waals surface area contributed by atoms with Crippen molar-refractivity contribution in [2.45, 2.75) is 39.0 Å². The first-order valence-corrected chi connectivity index (χ1v) is 15.6. The Kier molecular flexibility index (Phi) is 9.25. The molecule has 2 aliphatic heterocycles. The summed E-state index contributed by atoms with van der Waals surface area (Å²) >= 11 is 0. The lowest BCUT2D eigenvalue weighted by molar-refractivity contribution is -0.132. The maximum absolute atomic E-state index is 15.4. The van der Waals surface area contributed by atoms with Crippen LogP contribution < -0.4 is 15.4 Å². The molecule has 0 bridgehead atoms. The Morgan fingerprint density at radius 2 is 1.78 bits per heavy atom. The highest BCUT2D eigenvalue weighted by Crippen LogP contribution is 2.35. The highest BCUT2D eigenvalue weighted by atomic mass is 19.1. The second kappa shape index (κ2) is 13.6. The van der Waals surface area contributed by atoms with Crippen molar-refractivity contribution < 1.29 is 28.2 Å². The highest BCUT2D eigenvalue weighted by molar-refractivity contribution is 5.94. The average molecular weight is 675 g/mol. The molecule has 0 saturated carbocycles. The lowest BCUT2D eigenvalue weighted by Gasteiger charge is -2.41. The van der Waals surface area contributed by atoms with Crippen LogP contribution in [-0.2, 0) is 16.9 Å². The third-order valence-corrected chi connectivity index (χ3v) is 8.81. The van der Waals surface area contributed by atoms with Crippen LogP contribution in [-0.4, -0.2) is 97.4 Å². The molecular weight excluding hydrogens is 638 g/mol. The van der Waals surface area contributed by atoms with E-state index in [-0.39, 0.29) is 37.9 Å². The van der Waals surface area contributed by atoms with Crippen LogP contribution in [0.2, 0.25) is 0 Å². The van der Waals surface area contributed by atoms with E-state index in [1.165, 1.54) is 22.0 Å². The number of nitrogens with zero attached hydrogens (tertiary/aromatic N) is 9. The van der Waals surface area contributed by atoms with E-state index < -0.39 is 29.2 Å². The Morgan fingerprint density at radius 1 is 1.06 bits per heavy atom. The zero-order chi connectivity index (χ0) is 34.9. The predicted octanol–water partition coefficient (Wildman–Crippen LogP) is 2.66. The number of hydrogen-bond donors (Lipinski definition) is 2. The van der Waals surface area contributed by atoms with Crippen LogP contribution in [0.5, 0.6) is 5.75 Å². The van der Waals surface area contributed by atoms with Crippen LogP contribution in [0.3, 0.4) is 0 Å². The minimum atomic E-state index is -1.98. The number of aryl methyl sites for hydroxylation is 2. The van der Waals surface area contributed by atoms with Crippen LogP contribution >= 0.6 is 0 Å². The molecule has 3 N–H and O–H groups in total. The van der Waals surface area contributed by atoms with E-state index in [0.29, 0.717) is 30.2 Å². The number of halogens is 2. The minimum absolute atomic E-state index is 0.152. The molecule has 1 aromatic heterocycles. The SMILES string of the molecule is Cc1cc(CN2C=NN(C[C@](O)(c3ccc(F)cc3F)[C@@H](C)N3CCN(c4ccc(-n5cnnn5)cc4)C3=O)C2)cc(C)c1OC(=O)CN. The molecule has 4 aromatic rings. The third kappa shape index (κ3) is 6.77. The van der Waals surface area contributed by atoms with E-state index >= 15 is 4.39 Å². The molecular formula is C33H36F2N10O4. The van der Waals surface area contributed by atoms with Crippen molar-refractivity contribution in [2.24, 2.45) is 10.8 Å². The normalized spacial score (nSPS) is 16.4. The Labute approximate surface area is 280 Å². The van der Waals surface area contributed by atoms with Crippen LogP contribution in [0.4, 0.5) is 19.3 Å². The fourth-order valence-electron chi connectivity index (χ4n) is 6.33. The van der Waals surface area contributed by atoms with Gasteiger partial charge in [0.15, 0.2) is 0 Å². The number of β-amino-alcohol motifs (C(OH)–C–C–N with tert-alkyl or cyclic N) is 1. The van der Waals surface area contributed by atoms with Crippen LogP contribution in [0.15, 0.2) is 66.0 Å². The Balaban J connectivity index is 1.19. The molecule has 0 aliphatic carbocycles. The molecule has 1 saturated heterocycles. The largest absolute Gasteiger partial charge is 0.425 e. The number of benzene rings is 3. The summed E-state index contributed by atoms with van der Waals surface area (Å²) in [5, 5.41) is 29.5. The average Bonchev–Trinajstić information content (AvgIpc) is 3.84. The number of anilines is 1. The highest BCUT2D eigenvalue weighted by Gasteiger charge is 2.47. The molecule has 0 spiro atoms. The molecule has 0 radical (unpaired) electrons. The Hall–Kier alpha value is -5.48. The van der Waals surface area contributed by atoms with Crippen molar-refractivity contribution in [1.29, 1.82) is 0 Å². The maximum atomic E-state index is 15.4. The van der Waals surface area contributed by atoms with Crippen LogP contribution in [0.1, 0.15) is 29.2 Å². The van der Waals surface area contributed by atoms with Crippen molar-refractivity contribution in [1.82, 2.24) is 35.0 Å². The van der Waals surface area contributed by atoms with E-state index in [0.717, 1.165) is 28.8 Å². The number of amides is 2. The molecule has 2 atom stereocenters. The van der Waals surface area contributed by atoms with E-state index in [1.807, 2.05) is 30.9 Å². The third-order valence-electron chi connectivity index (χ3n) is 8.81. The van der Waals surface area contributed by atoms with E-state index in [4.69, 9.17) is 10.5 Å². The zero-order valence-electron chi connectivity index (χ0n) is 27.2. The first-order valence-electron chi connectivity index (χ1n) is 15.6. The van der Waals surface area contributed by atoms with Crippen LogP contribution in [0.25, 0.3) is 5.69 Å². The summed E-state index contributed by atoms with van der Waals surface area (Å²) in [7, 11) is 0. The summed E-state index contributed by atoms with van der Waals surface area (Å²) in [5.74, 6) is -1.78. The Bertz CT molecular complexity index is 1850. The number of urea groups is 1. The molecule has 0 unspecified atom stereocenters. The fourth-order valence-corrected chi connectivity index (χ4v) is 6.33. The van der Waals surface area contributed by atoms with Crippen molar-refractivity contribution in [2.75, 3.05) is 37.7 Å². The molecule has 49 heavy (non-hydrogen) atoms. The summed E-state index contributed by atoms with van der Waals surface area (Å²) in [6.45, 7) is 6.17. The van der Waals surface area contributed by atoms with Crippen LogP contribution in [0, 0.1) is 25.5 Å². The quantitative estimate of drug-likeness (QED) is 0.179. The molecule has 3 aromatic carbocycles. The number of tetrazole rings is 1. The first kappa shape index (κ1) is 33.4. The van der Waals surface area contributed by atoms with Crippen molar-refractivity contribution in [3.8, 4) is 11.4 Å². The number of aromatic nitrogens is 4. The summed E-state index contributed by atoms with van der Waals surface area (Å²) < 4.78 is 36.3. The van der Waals surface area contributed by atoms with E-state index in [1.54, 1.807) is 47.4 Å². The summed E-state index contributed by atoms with van der Waals surface area (Å²) in [5.41, 5.74) is 7.07. The predicted molar refractivity (Wildman–Crippen MR) is 175 cm³/mol. The van der Waals surface area contributed by atoms with Gasteiger partial charge in [-0.2, -0.15) is 5.10 Å². The van der Waals surface area contributed by atoms with Gasteiger partial charge < -0.3 is 25.4 Å². The van der Waals surface area contributed by atoms with E-state index in [9.17, 15) is 19.1 Å². The Morgan fingerprint density at radius 3 is 2.43 bits per heavy atom. The van der Waals surface area contributed by atoms with Crippen molar-refractivity contribution in [3.05, 3.63) is 94.8 Å². The number of aliphatic hydroxyl groups is 1. The number of esters is 1. The maximum Gasteiger partial charge on any atom is 0.325 e. The van der Waals surface area contributed by atoms with Gasteiger partial charge in [-0.05, 0) is 78.2 Å².